The zero-order valence-electron chi connectivity index (χ0n) is 16.5. The zero-order chi connectivity index (χ0) is 21.2. The van der Waals surface area contributed by atoms with Crippen LogP contribution in [0, 0.1) is 0 Å². The Kier molecular flexibility index (Phi) is 6.08. The third kappa shape index (κ3) is 4.67. The van der Waals surface area contributed by atoms with Crippen molar-refractivity contribution in [1.82, 2.24) is 19.0 Å². The number of benzene rings is 2. The van der Waals surface area contributed by atoms with E-state index in [1.807, 2.05) is 42.8 Å². The van der Waals surface area contributed by atoms with Crippen molar-refractivity contribution < 1.29 is 16.8 Å². The van der Waals surface area contributed by atoms with Gasteiger partial charge in [0.25, 0.3) is 0 Å². The van der Waals surface area contributed by atoms with E-state index in [0.29, 0.717) is 12.2 Å². The molecule has 0 saturated carbocycles. The van der Waals surface area contributed by atoms with Crippen molar-refractivity contribution in [2.75, 3.05) is 0 Å². The molecule has 1 unspecified atom stereocenters. The first-order valence-corrected chi connectivity index (χ1v) is 12.1. The van der Waals surface area contributed by atoms with Crippen LogP contribution in [0.1, 0.15) is 26.1 Å². The summed E-state index contributed by atoms with van der Waals surface area (Å²) in [5.74, 6) is 0.576. The number of imidazole rings is 1. The Morgan fingerprint density at radius 3 is 2.14 bits per heavy atom. The number of aromatic nitrogens is 2. The van der Waals surface area contributed by atoms with Crippen LogP contribution >= 0.6 is 0 Å². The lowest BCUT2D eigenvalue weighted by molar-refractivity contribution is 0.555. The quantitative estimate of drug-likeness (QED) is 0.562. The topological polar surface area (TPSA) is 110 Å². The normalized spacial score (nSPS) is 13.6. The lowest BCUT2D eigenvalue weighted by atomic mass is 10.3. The molecule has 3 aromatic rings. The van der Waals surface area contributed by atoms with E-state index in [4.69, 9.17) is 0 Å². The van der Waals surface area contributed by atoms with Crippen LogP contribution in [-0.2, 0) is 33.6 Å². The first-order valence-electron chi connectivity index (χ1n) is 9.16. The first-order chi connectivity index (χ1) is 13.6. The molecule has 1 atom stereocenters. The molecule has 0 radical (unpaired) electrons. The summed E-state index contributed by atoms with van der Waals surface area (Å²) in [5.41, 5.74) is 1.69. The summed E-state index contributed by atoms with van der Waals surface area (Å²) in [7, 11) is -5.69. The largest absolute Gasteiger partial charge is 0.330 e. The monoisotopic (exact) mass is 436 g/mol. The molecule has 1 heterocycles. The molecule has 0 saturated heterocycles. The van der Waals surface area contributed by atoms with Crippen LogP contribution in [0.3, 0.4) is 0 Å². The molecule has 0 amide bonds. The average molecular weight is 437 g/mol. The molecule has 0 fully saturated rings. The van der Waals surface area contributed by atoms with Crippen molar-refractivity contribution in [1.29, 1.82) is 0 Å². The maximum Gasteiger partial charge on any atom is 0.240 e. The van der Waals surface area contributed by atoms with Crippen LogP contribution in [0.15, 0.2) is 58.3 Å². The van der Waals surface area contributed by atoms with Crippen LogP contribution in [0.5, 0.6) is 0 Å². The Labute approximate surface area is 171 Å². The minimum atomic E-state index is -3.82. The van der Waals surface area contributed by atoms with Gasteiger partial charge in [0.1, 0.15) is 5.82 Å². The second kappa shape index (κ2) is 8.23. The van der Waals surface area contributed by atoms with Crippen LogP contribution in [-0.4, -0.2) is 32.4 Å². The SMILES string of the molecule is CCC(C)NS(=O)(=O)c1ccc(S(=O)(=O)NCc2nc3ccccc3n2C)cc1. The number of hydrogen-bond donors (Lipinski definition) is 2. The second-order valence-corrected chi connectivity index (χ2v) is 10.3. The number of rotatable bonds is 8. The summed E-state index contributed by atoms with van der Waals surface area (Å²) in [6.07, 6.45) is 0.651. The summed E-state index contributed by atoms with van der Waals surface area (Å²) < 4.78 is 56.7. The molecular weight excluding hydrogens is 412 g/mol. The lowest BCUT2D eigenvalue weighted by Gasteiger charge is -2.12. The Morgan fingerprint density at radius 1 is 0.966 bits per heavy atom. The maximum absolute atomic E-state index is 12.6. The van der Waals surface area contributed by atoms with E-state index >= 15 is 0 Å². The molecule has 156 valence electrons. The smallest absolute Gasteiger partial charge is 0.240 e. The highest BCUT2D eigenvalue weighted by Crippen LogP contribution is 2.17. The summed E-state index contributed by atoms with van der Waals surface area (Å²) in [6, 6.07) is 12.5. The predicted octanol–water partition coefficient (Wildman–Crippen LogP) is 2.13. The van der Waals surface area contributed by atoms with Gasteiger partial charge < -0.3 is 4.57 Å². The van der Waals surface area contributed by atoms with Crippen LogP contribution in [0.4, 0.5) is 0 Å². The number of para-hydroxylation sites is 2. The molecule has 1 aromatic heterocycles. The third-order valence-corrected chi connectivity index (χ3v) is 7.74. The van der Waals surface area contributed by atoms with Crippen LogP contribution in [0.2, 0.25) is 0 Å². The van der Waals surface area contributed by atoms with E-state index in [9.17, 15) is 16.8 Å². The Morgan fingerprint density at radius 2 is 1.55 bits per heavy atom. The van der Waals surface area contributed by atoms with Gasteiger partial charge in [-0.05, 0) is 49.7 Å². The van der Waals surface area contributed by atoms with Gasteiger partial charge in [-0.25, -0.2) is 31.3 Å². The Bertz CT molecular complexity index is 1220. The minimum Gasteiger partial charge on any atom is -0.330 e. The zero-order valence-corrected chi connectivity index (χ0v) is 18.1. The molecule has 0 bridgehead atoms. The standard InChI is InChI=1S/C19H24N4O4S2/c1-4-14(2)22-29(26,27)16-11-9-15(10-12-16)28(24,25)20-13-19-21-17-7-5-6-8-18(17)23(19)3/h5-12,14,20,22H,4,13H2,1-3H3. The average Bonchev–Trinajstić information content (AvgIpc) is 3.02. The van der Waals surface area contributed by atoms with Crippen molar-refractivity contribution in [3.05, 3.63) is 54.4 Å². The van der Waals surface area contributed by atoms with Crippen molar-refractivity contribution in [2.24, 2.45) is 7.05 Å². The molecule has 0 aliphatic heterocycles. The van der Waals surface area contributed by atoms with E-state index in [1.165, 1.54) is 24.3 Å². The van der Waals surface area contributed by atoms with Crippen molar-refractivity contribution >= 4 is 31.1 Å². The number of fused-ring (bicyclic) bond motifs is 1. The number of sulfonamides is 2. The van der Waals surface area contributed by atoms with Crippen molar-refractivity contribution in [3.8, 4) is 0 Å². The van der Waals surface area contributed by atoms with Gasteiger partial charge in [0, 0.05) is 13.1 Å². The third-order valence-electron chi connectivity index (χ3n) is 4.71. The van der Waals surface area contributed by atoms with Gasteiger partial charge in [0.05, 0.1) is 27.4 Å². The highest BCUT2D eigenvalue weighted by Gasteiger charge is 2.20. The first kappa shape index (κ1) is 21.4. The van der Waals surface area contributed by atoms with Gasteiger partial charge in [-0.1, -0.05) is 19.1 Å². The predicted molar refractivity (Wildman–Crippen MR) is 111 cm³/mol. The maximum atomic E-state index is 12.6. The molecule has 0 spiro atoms. The molecule has 0 aliphatic carbocycles. The summed E-state index contributed by atoms with van der Waals surface area (Å²) in [6.45, 7) is 3.66. The van der Waals surface area contributed by atoms with Crippen molar-refractivity contribution in [2.45, 2.75) is 42.6 Å². The minimum absolute atomic E-state index is 0.0150. The Balaban J connectivity index is 1.76. The highest BCUT2D eigenvalue weighted by atomic mass is 32.2. The van der Waals surface area contributed by atoms with Gasteiger partial charge in [0.2, 0.25) is 20.0 Å². The summed E-state index contributed by atoms with van der Waals surface area (Å²) in [4.78, 5) is 4.44. The molecule has 8 nitrogen and oxygen atoms in total. The van der Waals surface area contributed by atoms with Crippen LogP contribution in [0.25, 0.3) is 11.0 Å². The molecule has 3 rings (SSSR count). The molecule has 29 heavy (non-hydrogen) atoms. The fraction of sp³-hybridized carbons (Fsp3) is 0.316. The van der Waals surface area contributed by atoms with Gasteiger partial charge in [-0.2, -0.15) is 0 Å². The molecule has 10 heteroatoms. The fourth-order valence-corrected chi connectivity index (χ4v) is 5.12. The number of nitrogens with zero attached hydrogens (tertiary/aromatic N) is 2. The van der Waals surface area contributed by atoms with Crippen molar-refractivity contribution in [3.63, 3.8) is 0 Å². The van der Waals surface area contributed by atoms with E-state index in [0.717, 1.165) is 11.0 Å². The molecule has 2 N–H and O–H groups in total. The van der Waals surface area contributed by atoms with Crippen LogP contribution < -0.4 is 9.44 Å². The van der Waals surface area contributed by atoms with E-state index in [-0.39, 0.29) is 22.4 Å². The van der Waals surface area contributed by atoms with Gasteiger partial charge >= 0.3 is 0 Å². The molecule has 0 aliphatic rings. The van der Waals surface area contributed by atoms with Gasteiger partial charge in [-0.15, -0.1) is 0 Å². The lowest BCUT2D eigenvalue weighted by Crippen LogP contribution is -2.32. The highest BCUT2D eigenvalue weighted by molar-refractivity contribution is 7.90. The van der Waals surface area contributed by atoms with E-state index < -0.39 is 20.0 Å². The number of hydrogen-bond acceptors (Lipinski definition) is 5. The van der Waals surface area contributed by atoms with E-state index in [2.05, 4.69) is 14.4 Å². The van der Waals surface area contributed by atoms with Gasteiger partial charge in [0.15, 0.2) is 0 Å². The second-order valence-electron chi connectivity index (χ2n) is 6.80. The number of nitrogens with one attached hydrogen (secondary N) is 2. The van der Waals surface area contributed by atoms with E-state index in [1.54, 1.807) is 6.92 Å². The fourth-order valence-electron chi connectivity index (χ4n) is 2.81. The summed E-state index contributed by atoms with van der Waals surface area (Å²) >= 11 is 0. The molecule has 2 aromatic carbocycles. The van der Waals surface area contributed by atoms with Gasteiger partial charge in [-0.3, -0.25) is 0 Å². The molecular formula is C19H24N4O4S2. The summed E-state index contributed by atoms with van der Waals surface area (Å²) in [5, 5.41) is 0. The Hall–Kier alpha value is -2.27. The number of aryl methyl sites for hydroxylation is 1.